The van der Waals surface area contributed by atoms with Gasteiger partial charge in [0.25, 0.3) is 0 Å². The van der Waals surface area contributed by atoms with E-state index in [9.17, 15) is 4.39 Å². The first-order valence-electron chi connectivity index (χ1n) is 9.01. The predicted molar refractivity (Wildman–Crippen MR) is 103 cm³/mol. The van der Waals surface area contributed by atoms with Crippen LogP contribution in [0.3, 0.4) is 0 Å². The number of hydrogen-bond acceptors (Lipinski definition) is 6. The Hall–Kier alpha value is -1.96. The number of morpholine rings is 1. The van der Waals surface area contributed by atoms with Gasteiger partial charge in [-0.2, -0.15) is 4.98 Å². The van der Waals surface area contributed by atoms with Crippen molar-refractivity contribution in [3.8, 4) is 11.6 Å². The van der Waals surface area contributed by atoms with Crippen molar-refractivity contribution in [1.82, 2.24) is 15.3 Å². The maximum absolute atomic E-state index is 13.4. The van der Waals surface area contributed by atoms with Gasteiger partial charge in [0.2, 0.25) is 11.8 Å². The fourth-order valence-corrected chi connectivity index (χ4v) is 3.51. The lowest BCUT2D eigenvalue weighted by Gasteiger charge is -2.44. The number of benzene rings is 1. The molecule has 2 aromatic rings. The summed E-state index contributed by atoms with van der Waals surface area (Å²) in [4.78, 5) is 11.2. The van der Waals surface area contributed by atoms with Crippen LogP contribution in [0.4, 0.5) is 10.3 Å². The summed E-state index contributed by atoms with van der Waals surface area (Å²) in [7, 11) is 0. The minimum absolute atomic E-state index is 0. The molecular formula is C19H24ClFN4O2. The predicted octanol–water partition coefficient (Wildman–Crippen LogP) is 3.10. The number of nitrogens with zero attached hydrogens (tertiary/aromatic N) is 3. The largest absolute Gasteiger partial charge is 0.439 e. The van der Waals surface area contributed by atoms with Crippen molar-refractivity contribution in [3.63, 3.8) is 0 Å². The smallest absolute Gasteiger partial charge is 0.228 e. The van der Waals surface area contributed by atoms with E-state index >= 15 is 0 Å². The Labute approximate surface area is 164 Å². The van der Waals surface area contributed by atoms with Gasteiger partial charge in [0.05, 0.1) is 12.2 Å². The fraction of sp³-hybridized carbons (Fsp3) is 0.474. The van der Waals surface area contributed by atoms with E-state index in [4.69, 9.17) is 9.47 Å². The topological polar surface area (TPSA) is 59.5 Å². The highest BCUT2D eigenvalue weighted by Gasteiger charge is 2.37. The molecule has 8 heteroatoms. The summed E-state index contributed by atoms with van der Waals surface area (Å²) in [5.41, 5.74) is 0.761. The summed E-state index contributed by atoms with van der Waals surface area (Å²) in [6, 6.07) is 7.80. The highest BCUT2D eigenvalue weighted by atomic mass is 35.5. The molecule has 0 amide bonds. The molecule has 0 radical (unpaired) electrons. The third kappa shape index (κ3) is 4.66. The molecule has 1 N–H and O–H groups in total. The monoisotopic (exact) mass is 394 g/mol. The SMILES string of the molecule is Cc1cc(Oc2cccc(F)c2)nc(N2CCC3(CC2)CNCCO3)n1.Cl. The lowest BCUT2D eigenvalue weighted by atomic mass is 9.90. The van der Waals surface area contributed by atoms with Crippen LogP contribution in [0.5, 0.6) is 11.6 Å². The van der Waals surface area contributed by atoms with Crippen molar-refractivity contribution < 1.29 is 13.9 Å². The molecule has 0 saturated carbocycles. The van der Waals surface area contributed by atoms with Crippen LogP contribution in [0, 0.1) is 12.7 Å². The van der Waals surface area contributed by atoms with E-state index < -0.39 is 0 Å². The Bertz CT molecular complexity index is 776. The fourth-order valence-electron chi connectivity index (χ4n) is 3.51. The number of aryl methyl sites for hydroxylation is 1. The van der Waals surface area contributed by atoms with Gasteiger partial charge in [-0.05, 0) is 31.9 Å². The van der Waals surface area contributed by atoms with Crippen LogP contribution in [0.2, 0.25) is 0 Å². The summed E-state index contributed by atoms with van der Waals surface area (Å²) in [5, 5.41) is 3.42. The van der Waals surface area contributed by atoms with Crippen molar-refractivity contribution in [2.75, 3.05) is 37.7 Å². The van der Waals surface area contributed by atoms with Gasteiger partial charge in [0, 0.05) is 44.0 Å². The van der Waals surface area contributed by atoms with Gasteiger partial charge >= 0.3 is 0 Å². The van der Waals surface area contributed by atoms with Gasteiger partial charge < -0.3 is 19.7 Å². The lowest BCUT2D eigenvalue weighted by Crippen LogP contribution is -2.55. The van der Waals surface area contributed by atoms with Crippen LogP contribution in [0.15, 0.2) is 30.3 Å². The first-order chi connectivity index (χ1) is 12.6. The Balaban J connectivity index is 0.00000210. The van der Waals surface area contributed by atoms with Crippen molar-refractivity contribution in [3.05, 3.63) is 41.8 Å². The number of hydrogen-bond donors (Lipinski definition) is 1. The van der Waals surface area contributed by atoms with E-state index in [-0.39, 0.29) is 23.8 Å². The van der Waals surface area contributed by atoms with Crippen LogP contribution in [0.25, 0.3) is 0 Å². The molecule has 1 aromatic carbocycles. The van der Waals surface area contributed by atoms with Gasteiger partial charge in [0.1, 0.15) is 11.6 Å². The quantitative estimate of drug-likeness (QED) is 0.863. The second kappa shape index (κ2) is 8.37. The van der Waals surface area contributed by atoms with Crippen molar-refractivity contribution >= 4 is 18.4 Å². The number of ether oxygens (including phenoxy) is 2. The van der Waals surface area contributed by atoms with E-state index in [0.29, 0.717) is 17.6 Å². The molecule has 0 atom stereocenters. The average Bonchev–Trinajstić information content (AvgIpc) is 2.62. The number of rotatable bonds is 3. The molecule has 2 fully saturated rings. The average molecular weight is 395 g/mol. The standard InChI is InChI=1S/C19H23FN4O2.ClH/c1-14-11-17(26-16-4-2-3-15(20)12-16)23-18(22-14)24-8-5-19(6-9-24)13-21-7-10-25-19;/h2-4,11-12,21H,5-10,13H2,1H3;1H. The van der Waals surface area contributed by atoms with Crippen LogP contribution in [-0.2, 0) is 4.74 Å². The van der Waals surface area contributed by atoms with E-state index in [1.807, 2.05) is 6.92 Å². The molecule has 4 rings (SSSR count). The van der Waals surface area contributed by atoms with Crippen LogP contribution >= 0.6 is 12.4 Å². The van der Waals surface area contributed by atoms with Crippen LogP contribution in [-0.4, -0.2) is 48.4 Å². The van der Waals surface area contributed by atoms with E-state index in [1.54, 1.807) is 18.2 Å². The molecule has 6 nitrogen and oxygen atoms in total. The molecule has 27 heavy (non-hydrogen) atoms. The molecule has 1 aromatic heterocycles. The molecule has 2 saturated heterocycles. The van der Waals surface area contributed by atoms with Gasteiger partial charge in [0.15, 0.2) is 0 Å². The maximum atomic E-state index is 13.4. The number of aromatic nitrogens is 2. The Kier molecular flexibility index (Phi) is 6.14. The van der Waals surface area contributed by atoms with Crippen molar-refractivity contribution in [2.24, 2.45) is 0 Å². The van der Waals surface area contributed by atoms with E-state index in [2.05, 4.69) is 20.2 Å². The maximum Gasteiger partial charge on any atom is 0.228 e. The molecule has 0 unspecified atom stereocenters. The van der Waals surface area contributed by atoms with E-state index in [0.717, 1.165) is 51.3 Å². The number of anilines is 1. The normalized spacial score (nSPS) is 18.8. The highest BCUT2D eigenvalue weighted by Crippen LogP contribution is 2.30. The summed E-state index contributed by atoms with van der Waals surface area (Å²) >= 11 is 0. The van der Waals surface area contributed by atoms with E-state index in [1.165, 1.54) is 12.1 Å². The minimum atomic E-state index is -0.337. The zero-order chi connectivity index (χ0) is 18.0. The van der Waals surface area contributed by atoms with Gasteiger partial charge in [-0.15, -0.1) is 12.4 Å². The van der Waals surface area contributed by atoms with Gasteiger partial charge in [-0.25, -0.2) is 9.37 Å². The molecule has 0 bridgehead atoms. The molecular weight excluding hydrogens is 371 g/mol. The highest BCUT2D eigenvalue weighted by molar-refractivity contribution is 5.85. The summed E-state index contributed by atoms with van der Waals surface area (Å²) < 4.78 is 25.1. The first-order valence-corrected chi connectivity index (χ1v) is 9.01. The molecule has 2 aliphatic heterocycles. The summed E-state index contributed by atoms with van der Waals surface area (Å²) in [5.74, 6) is 1.16. The Morgan fingerprint density at radius 3 is 2.74 bits per heavy atom. The van der Waals surface area contributed by atoms with Crippen LogP contribution in [0.1, 0.15) is 18.5 Å². The van der Waals surface area contributed by atoms with Crippen molar-refractivity contribution in [2.45, 2.75) is 25.4 Å². The number of nitrogens with one attached hydrogen (secondary N) is 1. The first kappa shape index (κ1) is 19.8. The second-order valence-corrected chi connectivity index (χ2v) is 6.90. The third-order valence-electron chi connectivity index (χ3n) is 4.93. The molecule has 1 spiro atoms. The second-order valence-electron chi connectivity index (χ2n) is 6.90. The zero-order valence-corrected chi connectivity index (χ0v) is 16.1. The molecule has 2 aliphatic rings. The molecule has 146 valence electrons. The Morgan fingerprint density at radius 1 is 1.22 bits per heavy atom. The zero-order valence-electron chi connectivity index (χ0n) is 15.3. The third-order valence-corrected chi connectivity index (χ3v) is 4.93. The van der Waals surface area contributed by atoms with Crippen molar-refractivity contribution in [1.29, 1.82) is 0 Å². The summed E-state index contributed by atoms with van der Waals surface area (Å²) in [6.07, 6.45) is 1.88. The summed E-state index contributed by atoms with van der Waals surface area (Å²) in [6.45, 7) is 6.18. The molecule has 3 heterocycles. The molecule has 0 aliphatic carbocycles. The van der Waals surface area contributed by atoms with Gasteiger partial charge in [-0.1, -0.05) is 6.07 Å². The Morgan fingerprint density at radius 2 is 2.04 bits per heavy atom. The van der Waals surface area contributed by atoms with Crippen LogP contribution < -0.4 is 15.0 Å². The van der Waals surface area contributed by atoms with Gasteiger partial charge in [-0.3, -0.25) is 0 Å². The lowest BCUT2D eigenvalue weighted by molar-refractivity contribution is -0.0801. The number of halogens is 2. The minimum Gasteiger partial charge on any atom is -0.439 e. The number of piperidine rings is 1.